The van der Waals surface area contributed by atoms with Crippen LogP contribution in [0.4, 0.5) is 4.79 Å². The molecule has 18 heavy (non-hydrogen) atoms. The summed E-state index contributed by atoms with van der Waals surface area (Å²) in [6.45, 7) is 0. The molecule has 0 saturated heterocycles. The molecule has 0 spiro atoms. The van der Waals surface area contributed by atoms with Crippen molar-refractivity contribution in [1.29, 1.82) is 0 Å². The fraction of sp³-hybridized carbons (Fsp3) is 0.571. The van der Waals surface area contributed by atoms with Crippen LogP contribution in [0, 0.1) is 0 Å². The van der Waals surface area contributed by atoms with Crippen LogP contribution in [0.1, 0.15) is 12.8 Å². The molecule has 5 N–H and O–H groups in total. The maximum atomic E-state index is 11.3. The monoisotopic (exact) mass is 283 g/mol. The number of aliphatic carboxylic acids is 1. The number of nitrogens with two attached hydrogens (primary N) is 1. The summed E-state index contributed by atoms with van der Waals surface area (Å²) in [5, 5.41) is 8.72. The second kappa shape index (κ2) is 6.76. The molecule has 11 heteroatoms. The van der Waals surface area contributed by atoms with Gasteiger partial charge in [-0.3, -0.25) is 9.59 Å². The third kappa shape index (κ3) is 6.65. The van der Waals surface area contributed by atoms with E-state index in [2.05, 4.69) is 4.74 Å². The summed E-state index contributed by atoms with van der Waals surface area (Å²) in [6.07, 6.45) is -1.94. The lowest BCUT2D eigenvalue weighted by molar-refractivity contribution is -0.139. The minimum atomic E-state index is -4.39. The topological polar surface area (TPSA) is 165 Å². The molecule has 2 amide bonds. The van der Waals surface area contributed by atoms with E-state index >= 15 is 0 Å². The first-order valence-corrected chi connectivity index (χ1v) is 6.05. The number of hydrogen-bond acceptors (Lipinski definition) is 6. The average molecular weight is 283 g/mol. The van der Waals surface area contributed by atoms with E-state index in [9.17, 15) is 22.8 Å². The first kappa shape index (κ1) is 16.1. The van der Waals surface area contributed by atoms with Gasteiger partial charge in [-0.05, 0) is 6.42 Å². The molecule has 0 aromatic heterocycles. The number of methoxy groups -OCH3 is 1. The summed E-state index contributed by atoms with van der Waals surface area (Å²) in [7, 11) is -3.46. The summed E-state index contributed by atoms with van der Waals surface area (Å²) in [5.41, 5.74) is 4.81. The molecule has 0 aliphatic rings. The highest BCUT2D eigenvalue weighted by atomic mass is 32.2. The van der Waals surface area contributed by atoms with Crippen LogP contribution >= 0.6 is 0 Å². The molecule has 0 heterocycles. The molecule has 0 aliphatic heterocycles. The Hall–Kier alpha value is -1.88. The van der Waals surface area contributed by atoms with Gasteiger partial charge in [0.05, 0.1) is 7.11 Å². The molecule has 0 aromatic carbocycles. The Labute approximate surface area is 103 Å². The number of carboxylic acid groups (broad SMARTS) is 1. The van der Waals surface area contributed by atoms with Crippen molar-refractivity contribution >= 4 is 28.2 Å². The van der Waals surface area contributed by atoms with Crippen LogP contribution in [-0.2, 0) is 24.5 Å². The van der Waals surface area contributed by atoms with E-state index in [0.717, 1.165) is 7.11 Å². The Bertz CT molecular complexity index is 432. The van der Waals surface area contributed by atoms with Crippen molar-refractivity contribution in [3.63, 3.8) is 0 Å². The zero-order valence-electron chi connectivity index (χ0n) is 9.37. The van der Waals surface area contributed by atoms with Crippen LogP contribution in [0.15, 0.2) is 0 Å². The number of hydrogen-bond donors (Lipinski definition) is 4. The van der Waals surface area contributed by atoms with Crippen LogP contribution in [0.3, 0.4) is 0 Å². The predicted octanol–water partition coefficient (Wildman–Crippen LogP) is -2.10. The largest absolute Gasteiger partial charge is 0.480 e. The fourth-order valence-corrected chi connectivity index (χ4v) is 1.84. The lowest BCUT2D eigenvalue weighted by Crippen LogP contribution is -2.48. The molecule has 10 nitrogen and oxygen atoms in total. The Morgan fingerprint density at radius 3 is 2.33 bits per heavy atom. The first-order chi connectivity index (χ1) is 8.18. The Balaban J connectivity index is 4.62. The molecule has 0 radical (unpaired) electrons. The van der Waals surface area contributed by atoms with E-state index in [1.807, 2.05) is 0 Å². The molecule has 0 rings (SSSR count). The Morgan fingerprint density at radius 1 is 1.39 bits per heavy atom. The van der Waals surface area contributed by atoms with E-state index in [1.54, 1.807) is 4.72 Å². The second-order valence-electron chi connectivity index (χ2n) is 3.11. The van der Waals surface area contributed by atoms with Gasteiger partial charge in [0.2, 0.25) is 5.91 Å². The van der Waals surface area contributed by atoms with E-state index in [4.69, 9.17) is 10.8 Å². The van der Waals surface area contributed by atoms with Gasteiger partial charge in [0.25, 0.3) is 0 Å². The van der Waals surface area contributed by atoms with Crippen molar-refractivity contribution < 1.29 is 32.6 Å². The van der Waals surface area contributed by atoms with Gasteiger partial charge in [-0.1, -0.05) is 0 Å². The number of carboxylic acids is 1. The van der Waals surface area contributed by atoms with Gasteiger partial charge >= 0.3 is 22.3 Å². The summed E-state index contributed by atoms with van der Waals surface area (Å²) in [6, 6.07) is -1.58. The minimum Gasteiger partial charge on any atom is -0.480 e. The molecular formula is C7H13N3O7S. The SMILES string of the molecule is COC(=O)NS(=O)(=O)N[C@H](CCC(N)=O)C(=O)O. The van der Waals surface area contributed by atoms with Gasteiger partial charge in [-0.15, -0.1) is 0 Å². The van der Waals surface area contributed by atoms with Crippen molar-refractivity contribution in [3.05, 3.63) is 0 Å². The van der Waals surface area contributed by atoms with Gasteiger partial charge in [-0.2, -0.15) is 13.1 Å². The molecule has 1 atom stereocenters. The second-order valence-corrected chi connectivity index (χ2v) is 4.56. The number of amides is 2. The number of rotatable bonds is 7. The van der Waals surface area contributed by atoms with Crippen LogP contribution in [0.2, 0.25) is 0 Å². The molecule has 0 saturated carbocycles. The number of nitrogens with one attached hydrogen (secondary N) is 2. The Morgan fingerprint density at radius 2 is 1.94 bits per heavy atom. The van der Waals surface area contributed by atoms with Gasteiger partial charge in [0.15, 0.2) is 0 Å². The van der Waals surface area contributed by atoms with E-state index in [0.29, 0.717) is 0 Å². The van der Waals surface area contributed by atoms with Gasteiger partial charge in [-0.25, -0.2) is 9.52 Å². The van der Waals surface area contributed by atoms with Crippen LogP contribution in [-0.4, -0.2) is 44.6 Å². The molecular weight excluding hydrogens is 270 g/mol. The zero-order valence-corrected chi connectivity index (χ0v) is 10.2. The van der Waals surface area contributed by atoms with Crippen molar-refractivity contribution in [1.82, 2.24) is 9.44 Å². The number of carbonyl (C=O) groups excluding carboxylic acids is 2. The van der Waals surface area contributed by atoms with Crippen molar-refractivity contribution in [2.45, 2.75) is 18.9 Å². The van der Waals surface area contributed by atoms with Crippen LogP contribution in [0.25, 0.3) is 0 Å². The molecule has 0 unspecified atom stereocenters. The summed E-state index contributed by atoms with van der Waals surface area (Å²) in [4.78, 5) is 31.9. The summed E-state index contributed by atoms with van der Waals surface area (Å²) in [5.74, 6) is -2.28. The van der Waals surface area contributed by atoms with E-state index in [1.165, 1.54) is 4.72 Å². The third-order valence-corrected chi connectivity index (χ3v) is 2.71. The lowest BCUT2D eigenvalue weighted by atomic mass is 10.2. The highest BCUT2D eigenvalue weighted by molar-refractivity contribution is 7.88. The predicted molar refractivity (Wildman–Crippen MR) is 57.4 cm³/mol. The standard InChI is InChI=1S/C7H13N3O7S/c1-17-7(14)10-18(15,16)9-4(6(12)13)2-3-5(8)11/h4,9H,2-3H2,1H3,(H2,8,11)(H,10,14)(H,12,13)/t4-/m1/s1. The summed E-state index contributed by atoms with van der Waals surface area (Å²) >= 11 is 0. The minimum absolute atomic E-state index is 0.322. The normalized spacial score (nSPS) is 12.5. The number of carbonyl (C=O) groups is 3. The Kier molecular flexibility index (Phi) is 6.05. The highest BCUT2D eigenvalue weighted by Crippen LogP contribution is 1.99. The molecule has 0 bridgehead atoms. The van der Waals surface area contributed by atoms with Crippen molar-refractivity contribution in [2.75, 3.05) is 7.11 Å². The molecule has 0 fully saturated rings. The first-order valence-electron chi connectivity index (χ1n) is 4.57. The zero-order chi connectivity index (χ0) is 14.3. The van der Waals surface area contributed by atoms with Gasteiger partial charge < -0.3 is 15.6 Å². The van der Waals surface area contributed by atoms with Crippen molar-refractivity contribution in [3.8, 4) is 0 Å². The third-order valence-electron chi connectivity index (χ3n) is 1.68. The quantitative estimate of drug-likeness (QED) is 0.415. The molecule has 0 aliphatic carbocycles. The highest BCUT2D eigenvalue weighted by Gasteiger charge is 2.25. The van der Waals surface area contributed by atoms with E-state index < -0.39 is 34.2 Å². The fourth-order valence-electron chi connectivity index (χ4n) is 0.888. The molecule has 104 valence electrons. The smallest absolute Gasteiger partial charge is 0.421 e. The van der Waals surface area contributed by atoms with E-state index in [-0.39, 0.29) is 12.8 Å². The van der Waals surface area contributed by atoms with Crippen molar-refractivity contribution in [2.24, 2.45) is 5.73 Å². The lowest BCUT2D eigenvalue weighted by Gasteiger charge is -2.13. The van der Waals surface area contributed by atoms with Gasteiger partial charge in [0.1, 0.15) is 6.04 Å². The van der Waals surface area contributed by atoms with Crippen LogP contribution in [0.5, 0.6) is 0 Å². The maximum Gasteiger partial charge on any atom is 0.421 e. The molecule has 0 aromatic rings. The van der Waals surface area contributed by atoms with Gasteiger partial charge in [0, 0.05) is 6.42 Å². The number of ether oxygens (including phenoxy) is 1. The average Bonchev–Trinajstić information content (AvgIpc) is 2.22. The number of primary amides is 1. The van der Waals surface area contributed by atoms with Crippen LogP contribution < -0.4 is 15.2 Å². The maximum absolute atomic E-state index is 11.3. The summed E-state index contributed by atoms with van der Waals surface area (Å²) < 4.78 is 29.6.